The van der Waals surface area contributed by atoms with Gasteiger partial charge in [-0.1, -0.05) is 12.2 Å². The van der Waals surface area contributed by atoms with Crippen LogP contribution in [0.15, 0.2) is 71.6 Å². The smallest absolute Gasteiger partial charge is 0.270 e. The maximum Gasteiger partial charge on any atom is 0.270 e. The Bertz CT molecular complexity index is 908. The molecule has 0 aliphatic heterocycles. The van der Waals surface area contributed by atoms with Crippen LogP contribution in [0, 0.1) is 12.7 Å². The largest absolute Gasteiger partial charge is 0.467 e. The van der Waals surface area contributed by atoms with Gasteiger partial charge in [0.25, 0.3) is 6.04 Å². The van der Waals surface area contributed by atoms with Crippen molar-refractivity contribution >= 4 is 23.0 Å². The van der Waals surface area contributed by atoms with Crippen molar-refractivity contribution in [2.24, 2.45) is 0 Å². The summed E-state index contributed by atoms with van der Waals surface area (Å²) in [6.07, 6.45) is 5.23. The summed E-state index contributed by atoms with van der Waals surface area (Å²) in [6, 6.07) is 12.2. The molecule has 1 N–H and O–H groups in total. The number of nitrogens with one attached hydrogen (secondary N) is 1. The number of rotatable bonds is 6. The number of aromatic nitrogens is 1. The molecule has 1 aromatic carbocycles. The predicted octanol–water partition coefficient (Wildman–Crippen LogP) is 3.56. The lowest BCUT2D eigenvalue weighted by molar-refractivity contribution is -0.692. The highest BCUT2D eigenvalue weighted by molar-refractivity contribution is 7.80. The van der Waals surface area contributed by atoms with Gasteiger partial charge in [0.05, 0.1) is 12.8 Å². The van der Waals surface area contributed by atoms with Crippen molar-refractivity contribution in [3.63, 3.8) is 0 Å². The molecule has 4 nitrogen and oxygen atoms in total. The van der Waals surface area contributed by atoms with E-state index in [0.29, 0.717) is 17.1 Å². The number of Topliss-reactive ketones (excluding diaryl/α,β-unsaturated/α-hetero) is 1. The topological polar surface area (TPSA) is 46.1 Å². The summed E-state index contributed by atoms with van der Waals surface area (Å²) >= 11 is 5.51. The highest BCUT2D eigenvalue weighted by atomic mass is 32.1. The number of benzene rings is 1. The Hall–Kier alpha value is -2.86. The average Bonchev–Trinajstić information content (AvgIpc) is 3.14. The van der Waals surface area contributed by atoms with E-state index in [1.807, 2.05) is 31.3 Å². The molecule has 0 fully saturated rings. The molecular weight excluding hydrogens is 351 g/mol. The zero-order chi connectivity index (χ0) is 18.5. The Morgan fingerprint density at radius 1 is 1.23 bits per heavy atom. The fourth-order valence-electron chi connectivity index (χ4n) is 2.62. The van der Waals surface area contributed by atoms with Crippen LogP contribution < -0.4 is 9.88 Å². The number of carbonyl (C=O) groups is 1. The first kappa shape index (κ1) is 17.9. The van der Waals surface area contributed by atoms with Gasteiger partial charge in [0, 0.05) is 17.2 Å². The van der Waals surface area contributed by atoms with Crippen LogP contribution in [0.5, 0.6) is 0 Å². The number of nitrogens with zero attached hydrogens (tertiary/aromatic N) is 1. The molecule has 0 aliphatic carbocycles. The number of carbonyl (C=O) groups excluding carboxylic acids is 1. The van der Waals surface area contributed by atoms with Crippen LogP contribution in [-0.4, -0.2) is 10.8 Å². The van der Waals surface area contributed by atoms with Gasteiger partial charge in [-0.25, -0.2) is 4.39 Å². The van der Waals surface area contributed by atoms with Crippen LogP contribution in [0.3, 0.4) is 0 Å². The Balaban J connectivity index is 1.89. The van der Waals surface area contributed by atoms with E-state index < -0.39 is 6.04 Å². The second-order valence-electron chi connectivity index (χ2n) is 5.90. The van der Waals surface area contributed by atoms with Crippen molar-refractivity contribution in [3.8, 4) is 0 Å². The van der Waals surface area contributed by atoms with Crippen LogP contribution >= 0.6 is 12.2 Å². The van der Waals surface area contributed by atoms with Gasteiger partial charge in [-0.05, 0) is 49.4 Å². The standard InChI is InChI=1S/C20H17FN2O2S/c1-14-4-2-10-23(13-14)18(19(24)15-6-8-16(21)9-7-15)20(26)22-12-17-5-3-11-25-17/h2-11,13,18H,12H2,1H3/p+1/t18-/m1/s1. The zero-order valence-corrected chi connectivity index (χ0v) is 15.0. The SMILES string of the molecule is Cc1ccc[n+]([C@H](C(=O)c2ccc(F)cc2)C(=S)NCc2ccco2)c1. The Morgan fingerprint density at radius 2 is 2.00 bits per heavy atom. The number of hydrogen-bond acceptors (Lipinski definition) is 3. The highest BCUT2D eigenvalue weighted by Crippen LogP contribution is 2.13. The maximum atomic E-state index is 13.2. The number of halogens is 1. The number of pyridine rings is 1. The lowest BCUT2D eigenvalue weighted by Gasteiger charge is -2.14. The maximum absolute atomic E-state index is 13.2. The average molecular weight is 369 g/mol. The van der Waals surface area contributed by atoms with Crippen molar-refractivity contribution in [3.05, 3.63) is 89.9 Å². The minimum atomic E-state index is -0.731. The van der Waals surface area contributed by atoms with Crippen LogP contribution in [0.1, 0.15) is 27.7 Å². The second kappa shape index (κ2) is 8.01. The van der Waals surface area contributed by atoms with E-state index >= 15 is 0 Å². The van der Waals surface area contributed by atoms with Gasteiger partial charge in [0.1, 0.15) is 11.6 Å². The first-order valence-electron chi connectivity index (χ1n) is 8.12. The summed E-state index contributed by atoms with van der Waals surface area (Å²) in [5.41, 5.74) is 1.39. The monoisotopic (exact) mass is 369 g/mol. The molecule has 1 atom stereocenters. The fraction of sp³-hybridized carbons (Fsp3) is 0.150. The van der Waals surface area contributed by atoms with Crippen LogP contribution in [0.2, 0.25) is 0 Å². The van der Waals surface area contributed by atoms with E-state index in [1.54, 1.807) is 23.1 Å². The molecule has 3 aromatic rings. The van der Waals surface area contributed by atoms with Gasteiger partial charge in [-0.2, -0.15) is 4.57 Å². The molecule has 132 valence electrons. The van der Waals surface area contributed by atoms with Crippen molar-refractivity contribution in [2.45, 2.75) is 19.5 Å². The van der Waals surface area contributed by atoms with Gasteiger partial charge < -0.3 is 9.73 Å². The molecule has 26 heavy (non-hydrogen) atoms. The normalized spacial score (nSPS) is 11.8. The van der Waals surface area contributed by atoms with E-state index in [4.69, 9.17) is 16.6 Å². The van der Waals surface area contributed by atoms with Gasteiger partial charge in [0.15, 0.2) is 17.4 Å². The van der Waals surface area contributed by atoms with Crippen molar-refractivity contribution < 1.29 is 18.2 Å². The molecular formula is C20H18FN2O2S+. The molecule has 6 heteroatoms. The Kier molecular flexibility index (Phi) is 5.53. The van der Waals surface area contributed by atoms with E-state index in [9.17, 15) is 9.18 Å². The van der Waals surface area contributed by atoms with Crippen LogP contribution in [-0.2, 0) is 6.54 Å². The third-order valence-electron chi connectivity index (χ3n) is 3.91. The van der Waals surface area contributed by atoms with E-state index in [2.05, 4.69) is 5.32 Å². The van der Waals surface area contributed by atoms with Crippen LogP contribution in [0.25, 0.3) is 0 Å². The first-order valence-corrected chi connectivity index (χ1v) is 8.53. The number of ketones is 1. The van der Waals surface area contributed by atoms with Crippen LogP contribution in [0.4, 0.5) is 4.39 Å². The Morgan fingerprint density at radius 3 is 2.65 bits per heavy atom. The molecule has 3 rings (SSSR count). The summed E-state index contributed by atoms with van der Waals surface area (Å²) < 4.78 is 20.3. The summed E-state index contributed by atoms with van der Waals surface area (Å²) in [5.74, 6) is 0.118. The van der Waals surface area contributed by atoms with E-state index in [0.717, 1.165) is 11.3 Å². The van der Waals surface area contributed by atoms with Crippen molar-refractivity contribution in [2.75, 3.05) is 0 Å². The highest BCUT2D eigenvalue weighted by Gasteiger charge is 2.33. The molecule has 0 unspecified atom stereocenters. The number of furan rings is 1. The van der Waals surface area contributed by atoms with Crippen molar-refractivity contribution in [1.82, 2.24) is 5.32 Å². The van der Waals surface area contributed by atoms with Gasteiger partial charge in [-0.15, -0.1) is 0 Å². The van der Waals surface area contributed by atoms with Gasteiger partial charge >= 0.3 is 0 Å². The minimum Gasteiger partial charge on any atom is -0.467 e. The molecule has 0 bridgehead atoms. The molecule has 0 aliphatic rings. The Labute approximate surface area is 156 Å². The summed E-state index contributed by atoms with van der Waals surface area (Å²) in [6.45, 7) is 2.32. The lowest BCUT2D eigenvalue weighted by Crippen LogP contribution is -2.51. The molecule has 2 aromatic heterocycles. The third-order valence-corrected chi connectivity index (χ3v) is 4.28. The fourth-order valence-corrected chi connectivity index (χ4v) is 2.92. The number of thiocarbonyl (C=S) groups is 1. The molecule has 0 spiro atoms. The molecule has 2 heterocycles. The molecule has 0 radical (unpaired) electrons. The number of aryl methyl sites for hydroxylation is 1. The minimum absolute atomic E-state index is 0.211. The van der Waals surface area contributed by atoms with Gasteiger partial charge in [0.2, 0.25) is 5.78 Å². The first-order chi connectivity index (χ1) is 12.5. The second-order valence-corrected chi connectivity index (χ2v) is 6.34. The van der Waals surface area contributed by atoms with Gasteiger partial charge in [-0.3, -0.25) is 4.79 Å². The predicted molar refractivity (Wildman–Crippen MR) is 99.3 cm³/mol. The molecule has 0 saturated heterocycles. The number of hydrogen-bond donors (Lipinski definition) is 1. The third kappa shape index (κ3) is 4.21. The summed E-state index contributed by atoms with van der Waals surface area (Å²) in [7, 11) is 0. The summed E-state index contributed by atoms with van der Waals surface area (Å²) in [5, 5.41) is 3.09. The lowest BCUT2D eigenvalue weighted by atomic mass is 10.0. The van der Waals surface area contributed by atoms with Crippen molar-refractivity contribution in [1.29, 1.82) is 0 Å². The zero-order valence-electron chi connectivity index (χ0n) is 14.2. The molecule has 0 amide bonds. The quantitative estimate of drug-likeness (QED) is 0.410. The molecule has 0 saturated carbocycles. The van der Waals surface area contributed by atoms with E-state index in [1.165, 1.54) is 24.3 Å². The summed E-state index contributed by atoms with van der Waals surface area (Å²) in [4.78, 5) is 13.4. The van der Waals surface area contributed by atoms with E-state index in [-0.39, 0.29) is 11.6 Å².